The quantitative estimate of drug-likeness (QED) is 0.753. The van der Waals surface area contributed by atoms with Crippen LogP contribution in [-0.4, -0.2) is 15.2 Å². The molecule has 0 saturated carbocycles. The summed E-state index contributed by atoms with van der Waals surface area (Å²) in [7, 11) is 0. The van der Waals surface area contributed by atoms with E-state index in [9.17, 15) is 0 Å². The van der Waals surface area contributed by atoms with Crippen LogP contribution in [0.15, 0.2) is 48.7 Å². The molecule has 3 rings (SSSR count). The summed E-state index contributed by atoms with van der Waals surface area (Å²) in [5.74, 6) is 1.12. The predicted molar refractivity (Wildman–Crippen MR) is 93.5 cm³/mol. The van der Waals surface area contributed by atoms with Crippen molar-refractivity contribution in [2.75, 3.05) is 10.6 Å². The van der Waals surface area contributed by atoms with Crippen molar-refractivity contribution in [1.82, 2.24) is 15.2 Å². The normalized spacial score (nSPS) is 10.4. The van der Waals surface area contributed by atoms with E-state index in [4.69, 9.17) is 0 Å². The Morgan fingerprint density at radius 2 is 1.65 bits per heavy atom. The second-order valence-electron chi connectivity index (χ2n) is 5.53. The number of rotatable bonds is 4. The van der Waals surface area contributed by atoms with Crippen molar-refractivity contribution in [2.45, 2.75) is 20.8 Å². The summed E-state index contributed by atoms with van der Waals surface area (Å²) < 4.78 is 0. The largest absolute Gasteiger partial charge is 0.339 e. The van der Waals surface area contributed by atoms with E-state index in [2.05, 4.69) is 51.8 Å². The summed E-state index contributed by atoms with van der Waals surface area (Å²) >= 11 is 0. The molecule has 1 heterocycles. The zero-order valence-corrected chi connectivity index (χ0v) is 13.5. The predicted octanol–water partition coefficient (Wildman–Crippen LogP) is 4.28. The standard InChI is InChI=1S/C18H19N5/c1-12-8-9-15(10-14(12)3)20-17-11-19-23-18(22-17)21-16-7-5-4-6-13(16)2/h4-11H,1-3H3,(H2,20,21,22,23). The topological polar surface area (TPSA) is 62.7 Å². The SMILES string of the molecule is Cc1ccc(Nc2cnnc(Nc3ccccc3C)n2)cc1C. The summed E-state index contributed by atoms with van der Waals surface area (Å²) in [4.78, 5) is 4.46. The van der Waals surface area contributed by atoms with Gasteiger partial charge in [0, 0.05) is 11.4 Å². The Morgan fingerprint density at radius 3 is 2.43 bits per heavy atom. The molecule has 3 aromatic rings. The summed E-state index contributed by atoms with van der Waals surface area (Å²) in [6, 6.07) is 14.2. The highest BCUT2D eigenvalue weighted by Crippen LogP contribution is 2.20. The van der Waals surface area contributed by atoms with Crippen LogP contribution in [0.4, 0.5) is 23.1 Å². The monoisotopic (exact) mass is 305 g/mol. The molecule has 0 aliphatic rings. The maximum absolute atomic E-state index is 4.46. The Kier molecular flexibility index (Phi) is 4.19. The van der Waals surface area contributed by atoms with Crippen LogP contribution >= 0.6 is 0 Å². The summed E-state index contributed by atoms with van der Waals surface area (Å²) in [5.41, 5.74) is 5.57. The third-order valence-electron chi connectivity index (χ3n) is 3.73. The molecule has 5 heteroatoms. The Balaban J connectivity index is 1.79. The molecule has 0 unspecified atom stereocenters. The fourth-order valence-electron chi connectivity index (χ4n) is 2.22. The molecule has 0 fully saturated rings. The van der Waals surface area contributed by atoms with Crippen LogP contribution in [-0.2, 0) is 0 Å². The highest BCUT2D eigenvalue weighted by Gasteiger charge is 2.04. The van der Waals surface area contributed by atoms with Gasteiger partial charge in [0.2, 0.25) is 5.95 Å². The highest BCUT2D eigenvalue weighted by molar-refractivity contribution is 5.61. The molecule has 0 aliphatic carbocycles. The lowest BCUT2D eigenvalue weighted by Gasteiger charge is -2.10. The Labute approximate surface area is 135 Å². The minimum atomic E-state index is 0.466. The van der Waals surface area contributed by atoms with Gasteiger partial charge in [0.05, 0.1) is 6.20 Å². The number of anilines is 4. The first-order valence-electron chi connectivity index (χ1n) is 7.48. The second kappa shape index (κ2) is 6.44. The van der Waals surface area contributed by atoms with Crippen molar-refractivity contribution in [3.05, 3.63) is 65.4 Å². The number of nitrogens with one attached hydrogen (secondary N) is 2. The van der Waals surface area contributed by atoms with E-state index in [0.29, 0.717) is 11.8 Å². The van der Waals surface area contributed by atoms with E-state index in [1.165, 1.54) is 11.1 Å². The van der Waals surface area contributed by atoms with Crippen LogP contribution in [0.25, 0.3) is 0 Å². The molecule has 2 aromatic carbocycles. The van der Waals surface area contributed by atoms with Crippen LogP contribution in [0.5, 0.6) is 0 Å². The van der Waals surface area contributed by atoms with Gasteiger partial charge < -0.3 is 10.6 Å². The minimum Gasteiger partial charge on any atom is -0.339 e. The highest BCUT2D eigenvalue weighted by atomic mass is 15.3. The number of para-hydroxylation sites is 1. The zero-order chi connectivity index (χ0) is 16.2. The number of nitrogens with zero attached hydrogens (tertiary/aromatic N) is 3. The van der Waals surface area contributed by atoms with Gasteiger partial charge in [-0.1, -0.05) is 24.3 Å². The average Bonchev–Trinajstić information content (AvgIpc) is 2.54. The molecule has 23 heavy (non-hydrogen) atoms. The molecule has 0 saturated heterocycles. The maximum Gasteiger partial charge on any atom is 0.249 e. The zero-order valence-electron chi connectivity index (χ0n) is 13.5. The van der Waals surface area contributed by atoms with Gasteiger partial charge in [-0.15, -0.1) is 5.10 Å². The lowest BCUT2D eigenvalue weighted by Crippen LogP contribution is -2.03. The molecular formula is C18H19N5. The van der Waals surface area contributed by atoms with Gasteiger partial charge in [-0.3, -0.25) is 0 Å². The van der Waals surface area contributed by atoms with Crippen molar-refractivity contribution in [2.24, 2.45) is 0 Å². The third-order valence-corrected chi connectivity index (χ3v) is 3.73. The Morgan fingerprint density at radius 1 is 0.826 bits per heavy atom. The fourth-order valence-corrected chi connectivity index (χ4v) is 2.22. The number of hydrogen-bond donors (Lipinski definition) is 2. The average molecular weight is 305 g/mol. The molecule has 0 bridgehead atoms. The fraction of sp³-hybridized carbons (Fsp3) is 0.167. The van der Waals surface area contributed by atoms with E-state index in [1.807, 2.05) is 37.3 Å². The summed E-state index contributed by atoms with van der Waals surface area (Å²) in [6.45, 7) is 6.21. The molecule has 0 aliphatic heterocycles. The van der Waals surface area contributed by atoms with Gasteiger partial charge in [-0.2, -0.15) is 10.1 Å². The van der Waals surface area contributed by atoms with E-state index < -0.39 is 0 Å². The number of aryl methyl sites for hydroxylation is 3. The summed E-state index contributed by atoms with van der Waals surface area (Å²) in [5, 5.41) is 14.5. The molecule has 1 aromatic heterocycles. The van der Waals surface area contributed by atoms with E-state index in [0.717, 1.165) is 16.9 Å². The van der Waals surface area contributed by atoms with Crippen molar-refractivity contribution in [1.29, 1.82) is 0 Å². The first kappa shape index (κ1) is 15.0. The molecule has 0 atom stereocenters. The number of aromatic nitrogens is 3. The van der Waals surface area contributed by atoms with Gasteiger partial charge >= 0.3 is 0 Å². The molecule has 2 N–H and O–H groups in total. The van der Waals surface area contributed by atoms with Crippen LogP contribution in [0.3, 0.4) is 0 Å². The lowest BCUT2D eigenvalue weighted by atomic mass is 10.1. The van der Waals surface area contributed by atoms with Crippen molar-refractivity contribution in [3.8, 4) is 0 Å². The molecule has 0 amide bonds. The van der Waals surface area contributed by atoms with Crippen LogP contribution in [0, 0.1) is 20.8 Å². The van der Waals surface area contributed by atoms with Crippen molar-refractivity contribution < 1.29 is 0 Å². The number of benzene rings is 2. The molecule has 0 spiro atoms. The van der Waals surface area contributed by atoms with Gasteiger partial charge in [0.25, 0.3) is 0 Å². The maximum atomic E-state index is 4.46. The molecule has 5 nitrogen and oxygen atoms in total. The Bertz CT molecular complexity index is 829. The first-order chi connectivity index (χ1) is 11.1. The van der Waals surface area contributed by atoms with E-state index in [-0.39, 0.29) is 0 Å². The van der Waals surface area contributed by atoms with Crippen molar-refractivity contribution >= 4 is 23.1 Å². The van der Waals surface area contributed by atoms with E-state index >= 15 is 0 Å². The molecule has 0 radical (unpaired) electrons. The first-order valence-corrected chi connectivity index (χ1v) is 7.48. The van der Waals surface area contributed by atoms with Gasteiger partial charge in [-0.25, -0.2) is 0 Å². The van der Waals surface area contributed by atoms with Gasteiger partial charge in [0.15, 0.2) is 5.82 Å². The smallest absolute Gasteiger partial charge is 0.249 e. The lowest BCUT2D eigenvalue weighted by molar-refractivity contribution is 0.981. The second-order valence-corrected chi connectivity index (χ2v) is 5.53. The molecular weight excluding hydrogens is 286 g/mol. The number of hydrogen-bond acceptors (Lipinski definition) is 5. The third kappa shape index (κ3) is 3.63. The van der Waals surface area contributed by atoms with Crippen LogP contribution < -0.4 is 10.6 Å². The summed E-state index contributed by atoms with van der Waals surface area (Å²) in [6.07, 6.45) is 1.61. The Hall–Kier alpha value is -2.95. The van der Waals surface area contributed by atoms with Gasteiger partial charge in [-0.05, 0) is 55.7 Å². The minimum absolute atomic E-state index is 0.466. The van der Waals surface area contributed by atoms with E-state index in [1.54, 1.807) is 6.20 Å². The van der Waals surface area contributed by atoms with Crippen LogP contribution in [0.2, 0.25) is 0 Å². The van der Waals surface area contributed by atoms with Crippen molar-refractivity contribution in [3.63, 3.8) is 0 Å². The van der Waals surface area contributed by atoms with Crippen LogP contribution in [0.1, 0.15) is 16.7 Å². The molecule has 116 valence electrons. The van der Waals surface area contributed by atoms with Gasteiger partial charge in [0.1, 0.15) is 0 Å².